The zero-order valence-electron chi connectivity index (χ0n) is 11.8. The van der Waals surface area contributed by atoms with E-state index in [0.29, 0.717) is 11.3 Å². The van der Waals surface area contributed by atoms with Gasteiger partial charge in [0.05, 0.1) is 27.8 Å². The molecular formula is C13H18F3NO3. The maximum atomic E-state index is 12.6. The Bertz CT molecular complexity index is 449. The molecule has 7 heteroatoms. The van der Waals surface area contributed by atoms with E-state index in [9.17, 15) is 13.2 Å². The molecular weight excluding hydrogens is 275 g/mol. The summed E-state index contributed by atoms with van der Waals surface area (Å²) < 4.78 is 53.3. The molecule has 0 bridgehead atoms. The molecule has 1 rings (SSSR count). The molecule has 0 aliphatic rings. The molecule has 0 aliphatic carbocycles. The molecule has 0 saturated heterocycles. The van der Waals surface area contributed by atoms with Crippen molar-refractivity contribution in [3.05, 3.63) is 17.7 Å². The van der Waals surface area contributed by atoms with Crippen LogP contribution in [0.2, 0.25) is 0 Å². The summed E-state index contributed by atoms with van der Waals surface area (Å²) in [5.74, 6) is 0.903. The monoisotopic (exact) mass is 293 g/mol. The van der Waals surface area contributed by atoms with Crippen LogP contribution in [-0.2, 0) is 0 Å². The van der Waals surface area contributed by atoms with E-state index in [4.69, 9.17) is 14.2 Å². The van der Waals surface area contributed by atoms with Gasteiger partial charge in [0.25, 0.3) is 0 Å². The first-order chi connectivity index (χ1) is 9.37. The van der Waals surface area contributed by atoms with Crippen molar-refractivity contribution < 1.29 is 27.4 Å². The Balaban J connectivity index is 3.28. The average Bonchev–Trinajstić information content (AvgIpc) is 2.41. The summed E-state index contributed by atoms with van der Waals surface area (Å²) >= 11 is 0. The molecule has 0 aromatic heterocycles. The molecule has 0 radical (unpaired) electrons. The predicted molar refractivity (Wildman–Crippen MR) is 68.6 cm³/mol. The molecule has 1 unspecified atom stereocenters. The Morgan fingerprint density at radius 3 is 2.05 bits per heavy atom. The van der Waals surface area contributed by atoms with Crippen LogP contribution >= 0.6 is 0 Å². The molecule has 0 saturated carbocycles. The van der Waals surface area contributed by atoms with Gasteiger partial charge in [-0.1, -0.05) is 0 Å². The predicted octanol–water partition coefficient (Wildman–Crippen LogP) is 2.93. The zero-order chi connectivity index (χ0) is 15.3. The van der Waals surface area contributed by atoms with Gasteiger partial charge in [-0.05, 0) is 19.2 Å². The molecule has 4 nitrogen and oxygen atoms in total. The first-order valence-corrected chi connectivity index (χ1v) is 5.90. The van der Waals surface area contributed by atoms with Crippen LogP contribution in [-0.4, -0.2) is 34.6 Å². The van der Waals surface area contributed by atoms with E-state index < -0.39 is 18.6 Å². The minimum atomic E-state index is -4.29. The van der Waals surface area contributed by atoms with Crippen LogP contribution in [0.4, 0.5) is 13.2 Å². The van der Waals surface area contributed by atoms with Crippen LogP contribution in [0.5, 0.6) is 17.2 Å². The lowest BCUT2D eigenvalue weighted by Gasteiger charge is -2.23. The lowest BCUT2D eigenvalue weighted by atomic mass is 10.0. The number of hydrogen-bond donors (Lipinski definition) is 1. The topological polar surface area (TPSA) is 39.7 Å². The van der Waals surface area contributed by atoms with Gasteiger partial charge in [-0.15, -0.1) is 0 Å². The van der Waals surface area contributed by atoms with Gasteiger partial charge in [0.1, 0.15) is 0 Å². The average molecular weight is 293 g/mol. The van der Waals surface area contributed by atoms with Gasteiger partial charge in [-0.3, -0.25) is 0 Å². The molecule has 1 atom stereocenters. The number of rotatable bonds is 6. The van der Waals surface area contributed by atoms with E-state index in [1.54, 1.807) is 6.07 Å². The van der Waals surface area contributed by atoms with E-state index in [-0.39, 0.29) is 11.5 Å². The van der Waals surface area contributed by atoms with E-state index in [0.717, 1.165) is 0 Å². The molecule has 0 fully saturated rings. The molecule has 0 amide bonds. The SMILES string of the molecule is CNC(CC(F)(F)F)c1ccc(OC)c(OC)c1OC. The largest absolute Gasteiger partial charge is 0.493 e. The van der Waals surface area contributed by atoms with Crippen LogP contribution in [0.15, 0.2) is 12.1 Å². The minimum absolute atomic E-state index is 0.232. The third-order valence-electron chi connectivity index (χ3n) is 2.89. The van der Waals surface area contributed by atoms with Crippen molar-refractivity contribution in [2.75, 3.05) is 28.4 Å². The Morgan fingerprint density at radius 2 is 1.65 bits per heavy atom. The van der Waals surface area contributed by atoms with Gasteiger partial charge < -0.3 is 19.5 Å². The molecule has 0 aliphatic heterocycles. The highest BCUT2D eigenvalue weighted by Gasteiger charge is 2.34. The van der Waals surface area contributed by atoms with Crippen molar-refractivity contribution in [2.24, 2.45) is 0 Å². The number of halogens is 3. The lowest BCUT2D eigenvalue weighted by Crippen LogP contribution is -2.24. The molecule has 0 spiro atoms. The summed E-state index contributed by atoms with van der Waals surface area (Å²) in [4.78, 5) is 0. The van der Waals surface area contributed by atoms with Gasteiger partial charge in [0, 0.05) is 11.6 Å². The van der Waals surface area contributed by atoms with Gasteiger partial charge in [0.15, 0.2) is 11.5 Å². The smallest absolute Gasteiger partial charge is 0.390 e. The van der Waals surface area contributed by atoms with Crippen LogP contribution in [0.25, 0.3) is 0 Å². The highest BCUT2D eigenvalue weighted by Crippen LogP contribution is 2.43. The second kappa shape index (κ2) is 6.69. The van der Waals surface area contributed by atoms with E-state index in [1.807, 2.05) is 0 Å². The molecule has 114 valence electrons. The molecule has 1 aromatic rings. The summed E-state index contributed by atoms with van der Waals surface area (Å²) in [5.41, 5.74) is 0.366. The van der Waals surface area contributed by atoms with Crippen LogP contribution in [0.3, 0.4) is 0 Å². The second-order valence-corrected chi connectivity index (χ2v) is 4.08. The first kappa shape index (κ1) is 16.4. The Kier molecular flexibility index (Phi) is 5.50. The highest BCUT2D eigenvalue weighted by atomic mass is 19.4. The van der Waals surface area contributed by atoms with E-state index in [1.165, 1.54) is 34.4 Å². The Labute approximate surface area is 115 Å². The third-order valence-corrected chi connectivity index (χ3v) is 2.89. The van der Waals surface area contributed by atoms with Gasteiger partial charge in [-0.2, -0.15) is 13.2 Å². The van der Waals surface area contributed by atoms with Crippen molar-refractivity contribution in [1.82, 2.24) is 5.32 Å². The zero-order valence-corrected chi connectivity index (χ0v) is 11.8. The number of hydrogen-bond acceptors (Lipinski definition) is 4. The highest BCUT2D eigenvalue weighted by molar-refractivity contribution is 5.56. The van der Waals surface area contributed by atoms with Crippen LogP contribution in [0, 0.1) is 0 Å². The van der Waals surface area contributed by atoms with Crippen molar-refractivity contribution in [3.8, 4) is 17.2 Å². The molecule has 0 heterocycles. The maximum absolute atomic E-state index is 12.6. The summed E-state index contributed by atoms with van der Waals surface area (Å²) in [7, 11) is 5.69. The molecule has 1 aromatic carbocycles. The van der Waals surface area contributed by atoms with Crippen molar-refractivity contribution in [2.45, 2.75) is 18.6 Å². The van der Waals surface area contributed by atoms with Crippen molar-refractivity contribution >= 4 is 0 Å². The van der Waals surface area contributed by atoms with Crippen LogP contribution in [0.1, 0.15) is 18.0 Å². The quantitative estimate of drug-likeness (QED) is 0.875. The second-order valence-electron chi connectivity index (χ2n) is 4.08. The third kappa shape index (κ3) is 3.69. The van der Waals surface area contributed by atoms with Crippen LogP contribution < -0.4 is 19.5 Å². The fourth-order valence-corrected chi connectivity index (χ4v) is 2.00. The fraction of sp³-hybridized carbons (Fsp3) is 0.538. The normalized spacial score (nSPS) is 12.9. The number of ether oxygens (including phenoxy) is 3. The summed E-state index contributed by atoms with van der Waals surface area (Å²) in [6.07, 6.45) is -5.29. The van der Waals surface area contributed by atoms with E-state index in [2.05, 4.69) is 5.32 Å². The Hall–Kier alpha value is -1.63. The van der Waals surface area contributed by atoms with Gasteiger partial charge in [-0.25, -0.2) is 0 Å². The van der Waals surface area contributed by atoms with Gasteiger partial charge >= 0.3 is 6.18 Å². The number of benzene rings is 1. The summed E-state index contributed by atoms with van der Waals surface area (Å²) in [6, 6.07) is 2.16. The summed E-state index contributed by atoms with van der Waals surface area (Å²) in [6.45, 7) is 0. The summed E-state index contributed by atoms with van der Waals surface area (Å²) in [5, 5.41) is 2.64. The standard InChI is InChI=1S/C13H18F3NO3/c1-17-9(7-13(14,15)16)8-5-6-10(18-2)12(20-4)11(8)19-3/h5-6,9,17H,7H2,1-4H3. The van der Waals surface area contributed by atoms with Crippen molar-refractivity contribution in [3.63, 3.8) is 0 Å². The molecule has 20 heavy (non-hydrogen) atoms. The minimum Gasteiger partial charge on any atom is -0.493 e. The number of nitrogens with one attached hydrogen (secondary N) is 1. The van der Waals surface area contributed by atoms with E-state index >= 15 is 0 Å². The maximum Gasteiger partial charge on any atom is 0.390 e. The lowest BCUT2D eigenvalue weighted by molar-refractivity contribution is -0.140. The van der Waals surface area contributed by atoms with Gasteiger partial charge in [0.2, 0.25) is 5.75 Å². The number of methoxy groups -OCH3 is 3. The Morgan fingerprint density at radius 1 is 1.05 bits per heavy atom. The fourth-order valence-electron chi connectivity index (χ4n) is 2.00. The van der Waals surface area contributed by atoms with Crippen molar-refractivity contribution in [1.29, 1.82) is 0 Å². The number of alkyl halides is 3. The first-order valence-electron chi connectivity index (χ1n) is 5.90. The molecule has 1 N–H and O–H groups in total.